The highest BCUT2D eigenvalue weighted by Crippen LogP contribution is 2.25. The number of ether oxygens (including phenoxy) is 2. The Morgan fingerprint density at radius 2 is 1.62 bits per heavy atom. The van der Waals surface area contributed by atoms with Gasteiger partial charge in [0.05, 0.1) is 6.61 Å². The average molecular weight is 354 g/mol. The molecule has 0 bridgehead atoms. The molecule has 2 rings (SSSR count). The monoisotopic (exact) mass is 354 g/mol. The Labute approximate surface area is 157 Å². The van der Waals surface area contributed by atoms with Crippen LogP contribution in [0.4, 0.5) is 4.79 Å². The second kappa shape index (κ2) is 11.3. The number of hydrogen-bond donors (Lipinski definition) is 0. The average Bonchev–Trinajstić information content (AvgIpc) is 2.65. The maximum absolute atomic E-state index is 12.0. The number of rotatable bonds is 10. The topological polar surface area (TPSA) is 35.5 Å². The summed E-state index contributed by atoms with van der Waals surface area (Å²) in [5.41, 5.74) is 3.72. The molecule has 2 aromatic rings. The first kappa shape index (κ1) is 20.0. The summed E-state index contributed by atoms with van der Waals surface area (Å²) in [6.07, 6.45) is 6.23. The molecule has 3 heteroatoms. The number of benzene rings is 2. The van der Waals surface area contributed by atoms with Crippen LogP contribution in [0.25, 0.3) is 0 Å². The van der Waals surface area contributed by atoms with E-state index in [1.54, 1.807) is 0 Å². The molecule has 0 aliphatic carbocycles. The summed E-state index contributed by atoms with van der Waals surface area (Å²) in [5, 5.41) is 0. The van der Waals surface area contributed by atoms with Gasteiger partial charge >= 0.3 is 6.16 Å². The second-order valence-corrected chi connectivity index (χ2v) is 6.54. The van der Waals surface area contributed by atoms with Gasteiger partial charge in [-0.25, -0.2) is 4.79 Å². The zero-order valence-corrected chi connectivity index (χ0v) is 16.0. The Balaban J connectivity index is 1.79. The van der Waals surface area contributed by atoms with E-state index < -0.39 is 6.16 Å². The molecule has 140 valence electrons. The highest BCUT2D eigenvalue weighted by molar-refractivity contribution is 5.65. The van der Waals surface area contributed by atoms with Gasteiger partial charge in [-0.05, 0) is 54.9 Å². The summed E-state index contributed by atoms with van der Waals surface area (Å²) >= 11 is 0. The summed E-state index contributed by atoms with van der Waals surface area (Å²) < 4.78 is 10.7. The minimum absolute atomic E-state index is 0.392. The van der Waals surface area contributed by atoms with Crippen LogP contribution in [-0.2, 0) is 24.0 Å². The molecule has 26 heavy (non-hydrogen) atoms. The molecule has 0 N–H and O–H groups in total. The first-order valence-corrected chi connectivity index (χ1v) is 9.73. The zero-order valence-electron chi connectivity index (χ0n) is 16.0. The summed E-state index contributed by atoms with van der Waals surface area (Å²) in [7, 11) is 0. The van der Waals surface area contributed by atoms with Crippen molar-refractivity contribution in [1.82, 2.24) is 0 Å². The predicted molar refractivity (Wildman–Crippen MR) is 106 cm³/mol. The molecule has 0 aliphatic heterocycles. The van der Waals surface area contributed by atoms with Crippen LogP contribution < -0.4 is 4.74 Å². The smallest absolute Gasteiger partial charge is 0.434 e. The van der Waals surface area contributed by atoms with Gasteiger partial charge in [-0.15, -0.1) is 0 Å². The predicted octanol–water partition coefficient (Wildman–Crippen LogP) is 6.13. The number of unbranched alkanes of at least 4 members (excludes halogenated alkanes) is 1. The van der Waals surface area contributed by atoms with Gasteiger partial charge in [0.15, 0.2) is 0 Å². The summed E-state index contributed by atoms with van der Waals surface area (Å²) in [6.45, 7) is 4.69. The van der Waals surface area contributed by atoms with Crippen molar-refractivity contribution in [2.24, 2.45) is 0 Å². The molecule has 0 unspecified atom stereocenters. The Bertz CT molecular complexity index is 664. The van der Waals surface area contributed by atoms with Crippen molar-refractivity contribution in [3.05, 3.63) is 65.2 Å². The molecule has 0 aliphatic rings. The first-order valence-electron chi connectivity index (χ1n) is 9.73. The summed E-state index contributed by atoms with van der Waals surface area (Å²) in [5.74, 6) is 0.645. The van der Waals surface area contributed by atoms with Crippen LogP contribution in [0.2, 0.25) is 0 Å². The van der Waals surface area contributed by atoms with Crippen LogP contribution in [0.3, 0.4) is 0 Å². The zero-order chi connectivity index (χ0) is 18.6. The van der Waals surface area contributed by atoms with Crippen LogP contribution >= 0.6 is 0 Å². The fourth-order valence-corrected chi connectivity index (χ4v) is 3.09. The summed E-state index contributed by atoms with van der Waals surface area (Å²) in [4.78, 5) is 12.0. The fourth-order valence-electron chi connectivity index (χ4n) is 3.09. The van der Waals surface area contributed by atoms with Gasteiger partial charge in [-0.2, -0.15) is 0 Å². The lowest BCUT2D eigenvalue weighted by Crippen LogP contribution is -2.13. The van der Waals surface area contributed by atoms with Gasteiger partial charge < -0.3 is 9.47 Å². The molecule has 0 aromatic heterocycles. The van der Waals surface area contributed by atoms with Crippen molar-refractivity contribution < 1.29 is 14.3 Å². The maximum atomic E-state index is 12.0. The Morgan fingerprint density at radius 3 is 2.35 bits per heavy atom. The van der Waals surface area contributed by atoms with Crippen molar-refractivity contribution in [3.63, 3.8) is 0 Å². The van der Waals surface area contributed by atoms with E-state index in [-0.39, 0.29) is 0 Å². The highest BCUT2D eigenvalue weighted by Gasteiger charge is 2.13. The number of aryl methyl sites for hydroxylation is 2. The standard InChI is InChI=1S/C23H30O3/c1-3-11-20-16-10-17-22(21(20)12-4-2)26-23(24)25-18-9-8-15-19-13-6-5-7-14-19/h5-7,10,13-14,16-17H,3-4,8-9,11-12,15,18H2,1-2H3. The molecule has 0 saturated carbocycles. The van der Waals surface area contributed by atoms with Crippen LogP contribution in [0.15, 0.2) is 48.5 Å². The van der Waals surface area contributed by atoms with Crippen molar-refractivity contribution >= 4 is 6.16 Å². The molecular formula is C23H30O3. The SMILES string of the molecule is CCCc1cccc(OC(=O)OCCCCc2ccccc2)c1CCC. The van der Waals surface area contributed by atoms with Gasteiger partial charge in [0.25, 0.3) is 0 Å². The minimum Gasteiger partial charge on any atom is -0.434 e. The largest absolute Gasteiger partial charge is 0.513 e. The molecule has 0 heterocycles. The Morgan fingerprint density at radius 1 is 0.846 bits per heavy atom. The normalized spacial score (nSPS) is 10.5. The summed E-state index contributed by atoms with van der Waals surface area (Å²) in [6, 6.07) is 16.3. The Kier molecular flexibility index (Phi) is 8.74. The molecule has 0 spiro atoms. The van der Waals surface area contributed by atoms with E-state index in [1.807, 2.05) is 30.3 Å². The van der Waals surface area contributed by atoms with Gasteiger partial charge in [-0.3, -0.25) is 0 Å². The highest BCUT2D eigenvalue weighted by atomic mass is 16.7. The van der Waals surface area contributed by atoms with Crippen LogP contribution in [-0.4, -0.2) is 12.8 Å². The van der Waals surface area contributed by atoms with Gasteiger partial charge in [0.2, 0.25) is 0 Å². The minimum atomic E-state index is -0.601. The third kappa shape index (κ3) is 6.55. The Hall–Kier alpha value is -2.29. The van der Waals surface area contributed by atoms with Crippen molar-refractivity contribution in [1.29, 1.82) is 0 Å². The number of hydrogen-bond acceptors (Lipinski definition) is 3. The molecule has 0 atom stereocenters. The van der Waals surface area contributed by atoms with Crippen LogP contribution in [0.5, 0.6) is 5.75 Å². The van der Waals surface area contributed by atoms with Gasteiger partial charge in [-0.1, -0.05) is 69.2 Å². The molecule has 0 radical (unpaired) electrons. The van der Waals surface area contributed by atoms with E-state index in [0.29, 0.717) is 12.4 Å². The van der Waals surface area contributed by atoms with E-state index in [2.05, 4.69) is 32.0 Å². The van der Waals surface area contributed by atoms with Crippen molar-refractivity contribution in [3.8, 4) is 5.75 Å². The molecule has 2 aromatic carbocycles. The fraction of sp³-hybridized carbons (Fsp3) is 0.435. The first-order chi connectivity index (χ1) is 12.7. The lowest BCUT2D eigenvalue weighted by Gasteiger charge is -2.14. The van der Waals surface area contributed by atoms with E-state index in [1.165, 1.54) is 11.1 Å². The maximum Gasteiger partial charge on any atom is 0.513 e. The number of carbonyl (C=O) groups is 1. The van der Waals surface area contributed by atoms with E-state index in [9.17, 15) is 4.79 Å². The van der Waals surface area contributed by atoms with E-state index >= 15 is 0 Å². The molecule has 0 amide bonds. The molecule has 0 saturated heterocycles. The quantitative estimate of drug-likeness (QED) is 0.292. The molecule has 0 fully saturated rings. The van der Waals surface area contributed by atoms with Crippen molar-refractivity contribution in [2.75, 3.05) is 6.61 Å². The van der Waals surface area contributed by atoms with E-state index in [4.69, 9.17) is 9.47 Å². The lowest BCUT2D eigenvalue weighted by molar-refractivity contribution is 0.0971. The number of carbonyl (C=O) groups excluding carboxylic acids is 1. The van der Waals surface area contributed by atoms with Gasteiger partial charge in [0, 0.05) is 0 Å². The van der Waals surface area contributed by atoms with Gasteiger partial charge in [0.1, 0.15) is 5.75 Å². The van der Waals surface area contributed by atoms with Crippen LogP contribution in [0.1, 0.15) is 56.2 Å². The van der Waals surface area contributed by atoms with Crippen molar-refractivity contribution in [2.45, 2.75) is 58.8 Å². The molecular weight excluding hydrogens is 324 g/mol. The van der Waals surface area contributed by atoms with Crippen LogP contribution in [0, 0.1) is 0 Å². The second-order valence-electron chi connectivity index (χ2n) is 6.54. The third-order valence-corrected chi connectivity index (χ3v) is 4.37. The van der Waals surface area contributed by atoms with E-state index in [0.717, 1.165) is 50.5 Å². The molecule has 3 nitrogen and oxygen atoms in total. The third-order valence-electron chi connectivity index (χ3n) is 4.37. The lowest BCUT2D eigenvalue weighted by atomic mass is 9.99.